The van der Waals surface area contributed by atoms with E-state index in [1.54, 1.807) is 0 Å². The molecule has 1 heterocycles. The van der Waals surface area contributed by atoms with Crippen molar-refractivity contribution in [1.82, 2.24) is 0 Å². The molecule has 12 heteroatoms. The zero-order chi connectivity index (χ0) is 27.9. The molecule has 3 rings (SSSR count). The van der Waals surface area contributed by atoms with Gasteiger partial charge in [-0.15, -0.1) is 0 Å². The number of phenols is 4. The number of phenolic OH excluding ortho intramolecular Hbond substituents is 4. The molecule has 1 aliphatic rings. The molecular weight excluding hydrogens is 504 g/mol. The van der Waals surface area contributed by atoms with Crippen LogP contribution < -0.4 is 0 Å². The predicted molar refractivity (Wildman–Crippen MR) is 130 cm³/mol. The topological polar surface area (TPSA) is 200 Å². The van der Waals surface area contributed by atoms with Crippen LogP contribution in [-0.2, 0) is 28.6 Å². The lowest BCUT2D eigenvalue weighted by molar-refractivity contribution is -0.247. The first-order chi connectivity index (χ1) is 17.9. The molecule has 2 aromatic carbocycles. The average Bonchev–Trinajstić information content (AvgIpc) is 3.03. The van der Waals surface area contributed by atoms with Gasteiger partial charge in [0.05, 0.1) is 12.5 Å². The Kier molecular flexibility index (Phi) is 8.94. The van der Waals surface area contributed by atoms with Gasteiger partial charge < -0.3 is 44.8 Å². The maximum atomic E-state index is 12.3. The number of ether oxygens (including phenoxy) is 3. The van der Waals surface area contributed by atoms with Crippen molar-refractivity contribution >= 4 is 30.1 Å². The van der Waals surface area contributed by atoms with E-state index in [0.29, 0.717) is 11.1 Å². The normalized spacial score (nSPS) is 21.7. The van der Waals surface area contributed by atoms with Crippen LogP contribution in [0.1, 0.15) is 30.4 Å². The van der Waals surface area contributed by atoms with Gasteiger partial charge in [0.15, 0.2) is 23.0 Å². The Morgan fingerprint density at radius 3 is 1.95 bits per heavy atom. The average molecular weight is 530 g/mol. The first kappa shape index (κ1) is 28.0. The van der Waals surface area contributed by atoms with Crippen LogP contribution >= 0.6 is 0 Å². The summed E-state index contributed by atoms with van der Waals surface area (Å²) >= 11 is 0. The molecule has 0 amide bonds. The molecule has 202 valence electrons. The zero-order valence-electron chi connectivity index (χ0n) is 19.9. The van der Waals surface area contributed by atoms with Gasteiger partial charge in [-0.1, -0.05) is 12.1 Å². The Bertz CT molecular complexity index is 1250. The molecule has 1 fully saturated rings. The van der Waals surface area contributed by atoms with Crippen molar-refractivity contribution in [3.63, 3.8) is 0 Å². The van der Waals surface area contributed by atoms with Crippen LogP contribution in [0.5, 0.6) is 23.0 Å². The Balaban J connectivity index is 1.58. The first-order valence-electron chi connectivity index (χ1n) is 11.4. The van der Waals surface area contributed by atoms with Gasteiger partial charge in [-0.3, -0.25) is 0 Å². The quantitative estimate of drug-likeness (QED) is 0.165. The number of carboxylic acid groups (broad SMARTS) is 1. The van der Waals surface area contributed by atoms with Crippen molar-refractivity contribution in [2.75, 3.05) is 6.61 Å². The van der Waals surface area contributed by atoms with E-state index >= 15 is 0 Å². The molecule has 12 nitrogen and oxygen atoms in total. The third kappa shape index (κ3) is 7.72. The van der Waals surface area contributed by atoms with E-state index in [1.165, 1.54) is 48.6 Å². The molecule has 6 N–H and O–H groups in total. The van der Waals surface area contributed by atoms with Crippen LogP contribution in [0.25, 0.3) is 12.2 Å². The van der Waals surface area contributed by atoms with Gasteiger partial charge in [0.25, 0.3) is 5.79 Å². The lowest BCUT2D eigenvalue weighted by atomic mass is 10.1. The molecule has 2 aromatic rings. The van der Waals surface area contributed by atoms with Gasteiger partial charge in [0.1, 0.15) is 12.7 Å². The second kappa shape index (κ2) is 12.1. The fourth-order valence-corrected chi connectivity index (χ4v) is 3.56. The van der Waals surface area contributed by atoms with E-state index in [1.807, 2.05) is 0 Å². The van der Waals surface area contributed by atoms with Crippen LogP contribution in [0.4, 0.5) is 0 Å². The first-order valence-corrected chi connectivity index (χ1v) is 11.4. The Hall–Kier alpha value is -4.55. The number of rotatable bonds is 8. The van der Waals surface area contributed by atoms with Gasteiger partial charge in [-0.25, -0.2) is 14.4 Å². The third-order valence-electron chi connectivity index (χ3n) is 5.53. The van der Waals surface area contributed by atoms with E-state index in [-0.39, 0.29) is 35.8 Å². The number of carbonyl (C=O) groups excluding carboxylic acids is 2. The predicted octanol–water partition coefficient (Wildman–Crippen LogP) is 2.03. The van der Waals surface area contributed by atoms with E-state index in [2.05, 4.69) is 0 Å². The zero-order valence-corrected chi connectivity index (χ0v) is 19.9. The van der Waals surface area contributed by atoms with E-state index in [9.17, 15) is 45.0 Å². The molecule has 0 spiro atoms. The minimum atomic E-state index is -2.70. The summed E-state index contributed by atoms with van der Waals surface area (Å²) in [5, 5.41) is 57.7. The lowest BCUT2D eigenvalue weighted by Gasteiger charge is -2.27. The monoisotopic (exact) mass is 530 g/mol. The number of esters is 2. The summed E-state index contributed by atoms with van der Waals surface area (Å²) in [6.45, 7) is -0.398. The van der Waals surface area contributed by atoms with Gasteiger partial charge in [-0.05, 0) is 60.4 Å². The van der Waals surface area contributed by atoms with Gasteiger partial charge in [0, 0.05) is 12.2 Å². The number of aliphatic hydroxyl groups is 1. The smallest absolute Gasteiger partial charge is 0.364 e. The number of aliphatic carboxylic acids is 1. The van der Waals surface area contributed by atoms with Crippen LogP contribution in [-0.4, -0.2) is 73.1 Å². The highest BCUT2D eigenvalue weighted by atomic mass is 16.7. The van der Waals surface area contributed by atoms with Crippen molar-refractivity contribution in [1.29, 1.82) is 0 Å². The SMILES string of the molecule is O=C(/C=C/c1ccc(O)c(O)c1)OC[C@H]1CC[C@@H](OC(=O)/C=C/c2ccc(O)c(O)c2)C[C@@](O)(C(=O)O)O1. The molecule has 0 saturated carbocycles. The lowest BCUT2D eigenvalue weighted by Crippen LogP contribution is -2.46. The molecule has 0 aliphatic carbocycles. The Labute approximate surface area is 216 Å². The molecule has 0 radical (unpaired) electrons. The number of hydrogen-bond donors (Lipinski definition) is 6. The summed E-state index contributed by atoms with van der Waals surface area (Å²) in [5.74, 6) is -7.46. The standard InChI is InChI=1S/C26H26O12/c27-19-7-1-15(11-21(19)29)3-9-23(31)36-14-18-6-5-17(13-26(35,38-18)25(33)34)37-24(32)10-4-16-2-8-20(28)22(30)12-16/h1-4,7-12,17-18,27-30,35H,5-6,13-14H2,(H,33,34)/b9-3+,10-4+/t17-,18-,26+/m1/s1. The number of hydrogen-bond acceptors (Lipinski definition) is 11. The van der Waals surface area contributed by atoms with Gasteiger partial charge in [0.2, 0.25) is 0 Å². The Morgan fingerprint density at radius 2 is 1.42 bits per heavy atom. The van der Waals surface area contributed by atoms with Crippen molar-refractivity contribution in [2.24, 2.45) is 0 Å². The minimum absolute atomic E-state index is 0.0892. The maximum Gasteiger partial charge on any atom is 0.364 e. The highest BCUT2D eigenvalue weighted by Gasteiger charge is 2.45. The van der Waals surface area contributed by atoms with Crippen molar-refractivity contribution in [3.05, 3.63) is 59.7 Å². The number of carbonyl (C=O) groups is 3. The summed E-state index contributed by atoms with van der Waals surface area (Å²) < 4.78 is 15.7. The van der Waals surface area contributed by atoms with E-state index < -0.39 is 48.9 Å². The second-order valence-corrected chi connectivity index (χ2v) is 8.46. The summed E-state index contributed by atoms with van der Waals surface area (Å²) in [4.78, 5) is 36.0. The fourth-order valence-electron chi connectivity index (χ4n) is 3.56. The molecule has 1 saturated heterocycles. The van der Waals surface area contributed by atoms with E-state index in [0.717, 1.165) is 12.2 Å². The molecule has 1 aliphatic heterocycles. The van der Waals surface area contributed by atoms with Crippen molar-refractivity contribution in [3.8, 4) is 23.0 Å². The number of carboxylic acids is 1. The van der Waals surface area contributed by atoms with Crippen LogP contribution in [0.3, 0.4) is 0 Å². The number of benzene rings is 2. The molecule has 38 heavy (non-hydrogen) atoms. The summed E-state index contributed by atoms with van der Waals surface area (Å²) in [6, 6.07) is 7.81. The minimum Gasteiger partial charge on any atom is -0.504 e. The summed E-state index contributed by atoms with van der Waals surface area (Å²) in [6.07, 6.45) is 2.28. The van der Waals surface area contributed by atoms with Crippen LogP contribution in [0.2, 0.25) is 0 Å². The second-order valence-electron chi connectivity index (χ2n) is 8.46. The highest BCUT2D eigenvalue weighted by Crippen LogP contribution is 2.29. The third-order valence-corrected chi connectivity index (χ3v) is 5.53. The molecular formula is C26H26O12. The fraction of sp³-hybridized carbons (Fsp3) is 0.269. The highest BCUT2D eigenvalue weighted by molar-refractivity contribution is 5.88. The van der Waals surface area contributed by atoms with Crippen LogP contribution in [0, 0.1) is 0 Å². The van der Waals surface area contributed by atoms with Gasteiger partial charge in [-0.2, -0.15) is 0 Å². The number of aromatic hydroxyl groups is 4. The maximum absolute atomic E-state index is 12.3. The van der Waals surface area contributed by atoms with Crippen LogP contribution in [0.15, 0.2) is 48.6 Å². The summed E-state index contributed by atoms with van der Waals surface area (Å²) in [7, 11) is 0. The van der Waals surface area contributed by atoms with Crippen molar-refractivity contribution < 1.29 is 59.2 Å². The summed E-state index contributed by atoms with van der Waals surface area (Å²) in [5.41, 5.74) is 0.797. The Morgan fingerprint density at radius 1 is 0.868 bits per heavy atom. The largest absolute Gasteiger partial charge is 0.504 e. The molecule has 0 unspecified atom stereocenters. The van der Waals surface area contributed by atoms with Crippen molar-refractivity contribution in [2.45, 2.75) is 37.3 Å². The van der Waals surface area contributed by atoms with Gasteiger partial charge >= 0.3 is 17.9 Å². The molecule has 0 bridgehead atoms. The molecule has 3 atom stereocenters. The van der Waals surface area contributed by atoms with E-state index in [4.69, 9.17) is 14.2 Å². The molecule has 0 aromatic heterocycles.